The summed E-state index contributed by atoms with van der Waals surface area (Å²) in [5.74, 6) is -0.442. The number of hydrogen-bond acceptors (Lipinski definition) is 5. The van der Waals surface area contributed by atoms with Crippen molar-refractivity contribution in [3.63, 3.8) is 0 Å². The van der Waals surface area contributed by atoms with Gasteiger partial charge in [0, 0.05) is 11.6 Å². The summed E-state index contributed by atoms with van der Waals surface area (Å²) in [5.41, 5.74) is 2.02. The highest BCUT2D eigenvalue weighted by atomic mass is 19.1. The van der Waals surface area contributed by atoms with Gasteiger partial charge in [0.05, 0.1) is 24.6 Å². The standard InChI is InChI=1S/C28H33FN2O3/c1-3-5-6-7-8-9-10-21-11-13-22(14-12-21)27-30-19-24(20-31-27)34-28(32)25-16-15-23(18-26(25)29)33-17-4-2/h11-16,18-20H,3-10,17H2,1-2H3. The van der Waals surface area contributed by atoms with E-state index in [2.05, 4.69) is 29.0 Å². The molecule has 1 aromatic heterocycles. The van der Waals surface area contributed by atoms with Gasteiger partial charge in [-0.15, -0.1) is 0 Å². The Morgan fingerprint density at radius 3 is 2.24 bits per heavy atom. The second-order valence-corrected chi connectivity index (χ2v) is 8.34. The van der Waals surface area contributed by atoms with E-state index in [1.807, 2.05) is 19.1 Å². The van der Waals surface area contributed by atoms with Gasteiger partial charge in [-0.2, -0.15) is 0 Å². The van der Waals surface area contributed by atoms with Crippen molar-refractivity contribution in [3.8, 4) is 22.9 Å². The minimum atomic E-state index is -0.810. The predicted octanol–water partition coefficient (Wildman–Crippen LogP) is 7.19. The second kappa shape index (κ2) is 13.4. The number of aryl methyl sites for hydroxylation is 1. The molecule has 0 amide bonds. The van der Waals surface area contributed by atoms with Gasteiger partial charge in [-0.05, 0) is 37.0 Å². The van der Waals surface area contributed by atoms with Crippen LogP contribution in [0.15, 0.2) is 54.9 Å². The fourth-order valence-corrected chi connectivity index (χ4v) is 3.58. The van der Waals surface area contributed by atoms with Gasteiger partial charge in [0.2, 0.25) is 0 Å². The van der Waals surface area contributed by atoms with Crippen molar-refractivity contribution in [2.75, 3.05) is 6.61 Å². The molecule has 0 aliphatic carbocycles. The first-order valence-corrected chi connectivity index (χ1v) is 12.2. The van der Waals surface area contributed by atoms with Gasteiger partial charge in [-0.1, -0.05) is 70.2 Å². The molecule has 0 radical (unpaired) electrons. The lowest BCUT2D eigenvalue weighted by Crippen LogP contribution is -2.11. The van der Waals surface area contributed by atoms with E-state index in [4.69, 9.17) is 9.47 Å². The number of hydrogen-bond donors (Lipinski definition) is 0. The van der Waals surface area contributed by atoms with Crippen LogP contribution in [0.25, 0.3) is 11.4 Å². The number of carbonyl (C=O) groups is 1. The molecule has 180 valence electrons. The van der Waals surface area contributed by atoms with E-state index < -0.39 is 11.8 Å². The van der Waals surface area contributed by atoms with E-state index in [-0.39, 0.29) is 11.3 Å². The summed E-state index contributed by atoms with van der Waals surface area (Å²) in [6.45, 7) is 4.67. The van der Waals surface area contributed by atoms with Crippen LogP contribution < -0.4 is 9.47 Å². The molecular formula is C28H33FN2O3. The first-order chi connectivity index (χ1) is 16.6. The van der Waals surface area contributed by atoms with Crippen LogP contribution in [-0.4, -0.2) is 22.5 Å². The number of carbonyl (C=O) groups excluding carboxylic acids is 1. The molecule has 0 spiro atoms. The van der Waals surface area contributed by atoms with Crippen LogP contribution in [0, 0.1) is 5.82 Å². The Kier molecular flexibility index (Phi) is 10.0. The molecule has 0 N–H and O–H groups in total. The van der Waals surface area contributed by atoms with E-state index in [0.717, 1.165) is 18.4 Å². The third-order valence-corrected chi connectivity index (χ3v) is 5.50. The topological polar surface area (TPSA) is 61.3 Å². The quantitative estimate of drug-likeness (QED) is 0.198. The summed E-state index contributed by atoms with van der Waals surface area (Å²) in [4.78, 5) is 20.9. The Labute approximate surface area is 201 Å². The lowest BCUT2D eigenvalue weighted by molar-refractivity contribution is 0.0728. The molecule has 0 aliphatic rings. The molecule has 0 saturated carbocycles. The zero-order valence-electron chi connectivity index (χ0n) is 20.1. The van der Waals surface area contributed by atoms with Crippen LogP contribution in [0.5, 0.6) is 11.5 Å². The van der Waals surface area contributed by atoms with Gasteiger partial charge < -0.3 is 9.47 Å². The molecule has 6 heteroatoms. The predicted molar refractivity (Wildman–Crippen MR) is 132 cm³/mol. The van der Waals surface area contributed by atoms with Crippen molar-refractivity contribution < 1.29 is 18.7 Å². The second-order valence-electron chi connectivity index (χ2n) is 8.34. The maximum Gasteiger partial charge on any atom is 0.346 e. The normalized spacial score (nSPS) is 10.8. The third kappa shape index (κ3) is 7.65. The van der Waals surface area contributed by atoms with Gasteiger partial charge in [0.1, 0.15) is 11.6 Å². The van der Waals surface area contributed by atoms with Crippen LogP contribution in [0.4, 0.5) is 4.39 Å². The Morgan fingerprint density at radius 1 is 0.853 bits per heavy atom. The molecule has 5 nitrogen and oxygen atoms in total. The number of rotatable bonds is 13. The summed E-state index contributed by atoms with van der Waals surface area (Å²) in [6, 6.07) is 12.3. The van der Waals surface area contributed by atoms with Crippen molar-refractivity contribution in [1.29, 1.82) is 0 Å². The van der Waals surface area contributed by atoms with E-state index in [0.29, 0.717) is 18.2 Å². The average molecular weight is 465 g/mol. The number of nitrogens with zero attached hydrogens (tertiary/aromatic N) is 2. The number of ether oxygens (including phenoxy) is 2. The van der Waals surface area contributed by atoms with Crippen molar-refractivity contribution in [2.45, 2.75) is 65.2 Å². The maximum absolute atomic E-state index is 14.3. The molecule has 0 bridgehead atoms. The summed E-state index contributed by atoms with van der Waals surface area (Å²) >= 11 is 0. The molecule has 0 aliphatic heterocycles. The van der Waals surface area contributed by atoms with Crippen molar-refractivity contribution in [2.24, 2.45) is 0 Å². The van der Waals surface area contributed by atoms with Crippen LogP contribution in [0.2, 0.25) is 0 Å². The van der Waals surface area contributed by atoms with Crippen molar-refractivity contribution in [1.82, 2.24) is 9.97 Å². The van der Waals surface area contributed by atoms with Gasteiger partial charge in [0.25, 0.3) is 0 Å². The first-order valence-electron chi connectivity index (χ1n) is 12.2. The van der Waals surface area contributed by atoms with Gasteiger partial charge in [-0.3, -0.25) is 0 Å². The molecular weight excluding hydrogens is 431 g/mol. The van der Waals surface area contributed by atoms with E-state index in [1.165, 1.54) is 68.6 Å². The SMILES string of the molecule is CCCCCCCCc1ccc(-c2ncc(OC(=O)c3ccc(OCCC)cc3F)cn2)cc1. The van der Waals surface area contributed by atoms with E-state index >= 15 is 0 Å². The van der Waals surface area contributed by atoms with E-state index in [1.54, 1.807) is 6.07 Å². The smallest absolute Gasteiger partial charge is 0.346 e. The number of esters is 1. The molecule has 34 heavy (non-hydrogen) atoms. The summed E-state index contributed by atoms with van der Waals surface area (Å²) in [7, 11) is 0. The van der Waals surface area contributed by atoms with Crippen LogP contribution in [0.1, 0.15) is 74.7 Å². The largest absolute Gasteiger partial charge is 0.494 e. The molecule has 0 saturated heterocycles. The van der Waals surface area contributed by atoms with Crippen molar-refractivity contribution >= 4 is 5.97 Å². The molecule has 0 fully saturated rings. The Morgan fingerprint density at radius 2 is 1.56 bits per heavy atom. The highest BCUT2D eigenvalue weighted by Gasteiger charge is 2.16. The lowest BCUT2D eigenvalue weighted by Gasteiger charge is -2.08. The maximum atomic E-state index is 14.3. The summed E-state index contributed by atoms with van der Waals surface area (Å²) in [5, 5.41) is 0. The number of aromatic nitrogens is 2. The zero-order chi connectivity index (χ0) is 24.2. The number of benzene rings is 2. The van der Waals surface area contributed by atoms with E-state index in [9.17, 15) is 9.18 Å². The van der Waals surface area contributed by atoms with Crippen LogP contribution in [0.3, 0.4) is 0 Å². The number of unbranched alkanes of at least 4 members (excludes halogenated alkanes) is 5. The highest BCUT2D eigenvalue weighted by Crippen LogP contribution is 2.21. The average Bonchev–Trinajstić information content (AvgIpc) is 2.86. The molecule has 3 aromatic rings. The molecule has 0 unspecified atom stereocenters. The lowest BCUT2D eigenvalue weighted by atomic mass is 10.0. The highest BCUT2D eigenvalue weighted by molar-refractivity contribution is 5.91. The van der Waals surface area contributed by atoms with Gasteiger partial charge >= 0.3 is 5.97 Å². The zero-order valence-corrected chi connectivity index (χ0v) is 20.1. The molecule has 3 rings (SSSR count). The van der Waals surface area contributed by atoms with Crippen molar-refractivity contribution in [3.05, 3.63) is 71.8 Å². The minimum Gasteiger partial charge on any atom is -0.494 e. The summed E-state index contributed by atoms with van der Waals surface area (Å²) in [6.07, 6.45) is 12.4. The fourth-order valence-electron chi connectivity index (χ4n) is 3.58. The fraction of sp³-hybridized carbons (Fsp3) is 0.393. The van der Waals surface area contributed by atoms with Crippen LogP contribution in [-0.2, 0) is 6.42 Å². The monoisotopic (exact) mass is 464 g/mol. The van der Waals surface area contributed by atoms with Gasteiger partial charge in [0.15, 0.2) is 11.6 Å². The first kappa shape index (κ1) is 25.3. The minimum absolute atomic E-state index is 0.152. The molecule has 1 heterocycles. The summed E-state index contributed by atoms with van der Waals surface area (Å²) < 4.78 is 24.9. The number of halogens is 1. The Balaban J connectivity index is 1.53. The molecule has 0 atom stereocenters. The van der Waals surface area contributed by atoms with Crippen LogP contribution >= 0.6 is 0 Å². The Bertz CT molecular complexity index is 1040. The van der Waals surface area contributed by atoms with Gasteiger partial charge in [-0.25, -0.2) is 19.2 Å². The molecule has 2 aromatic carbocycles. The third-order valence-electron chi connectivity index (χ3n) is 5.50. The Hall–Kier alpha value is -3.28.